The first-order valence-electron chi connectivity index (χ1n) is 9.29. The van der Waals surface area contributed by atoms with Gasteiger partial charge >= 0.3 is 17.9 Å². The molecule has 0 bridgehead atoms. The van der Waals surface area contributed by atoms with E-state index in [1.54, 1.807) is 0 Å². The molecule has 0 spiro atoms. The zero-order valence-electron chi connectivity index (χ0n) is 16.2. The van der Waals surface area contributed by atoms with Gasteiger partial charge in [0.2, 0.25) is 0 Å². The van der Waals surface area contributed by atoms with Crippen molar-refractivity contribution in [2.45, 2.75) is 78.1 Å². The lowest BCUT2D eigenvalue weighted by Gasteiger charge is -2.03. The summed E-state index contributed by atoms with van der Waals surface area (Å²) in [5, 5.41) is 8.33. The molecule has 0 rings (SSSR count). The minimum absolute atomic E-state index is 0.329. The van der Waals surface area contributed by atoms with Crippen LogP contribution in [0.5, 0.6) is 0 Å². The molecule has 6 nitrogen and oxygen atoms in total. The van der Waals surface area contributed by atoms with Crippen molar-refractivity contribution in [1.29, 1.82) is 0 Å². The number of carboxylic acid groups (broad SMARTS) is 1. The van der Waals surface area contributed by atoms with Crippen molar-refractivity contribution >= 4 is 17.9 Å². The number of ether oxygens (including phenoxy) is 2. The molecule has 0 aliphatic carbocycles. The zero-order chi connectivity index (χ0) is 20.0. The summed E-state index contributed by atoms with van der Waals surface area (Å²) in [6.45, 7) is 7.08. The number of carboxylic acids is 1. The maximum absolute atomic E-state index is 11.0. The van der Waals surface area contributed by atoms with E-state index in [0.717, 1.165) is 31.3 Å². The molecule has 1 N–H and O–H groups in total. The lowest BCUT2D eigenvalue weighted by atomic mass is 10.1. The monoisotopic (exact) mass is 370 g/mol. The van der Waals surface area contributed by atoms with Gasteiger partial charge in [-0.25, -0.2) is 9.59 Å². The molecular weight excluding hydrogens is 336 g/mol. The minimum Gasteiger partial charge on any atom is -0.478 e. The number of hydrogen-bond donors (Lipinski definition) is 1. The van der Waals surface area contributed by atoms with E-state index >= 15 is 0 Å². The van der Waals surface area contributed by atoms with Gasteiger partial charge in [0.15, 0.2) is 0 Å². The van der Waals surface area contributed by atoms with Crippen LogP contribution in [0.4, 0.5) is 0 Å². The van der Waals surface area contributed by atoms with Crippen molar-refractivity contribution in [2.24, 2.45) is 0 Å². The largest absolute Gasteiger partial charge is 0.478 e. The van der Waals surface area contributed by atoms with Crippen molar-refractivity contribution in [3.05, 3.63) is 25.0 Å². The third-order valence-electron chi connectivity index (χ3n) is 3.35. The molecule has 0 saturated carbocycles. The van der Waals surface area contributed by atoms with E-state index in [9.17, 15) is 14.4 Å². The Labute approximate surface area is 157 Å². The fraction of sp³-hybridized carbons (Fsp3) is 0.650. The normalized spacial score (nSPS) is 9.92. The van der Waals surface area contributed by atoms with E-state index in [0.29, 0.717) is 6.61 Å². The van der Waals surface area contributed by atoms with Gasteiger partial charge in [0, 0.05) is 19.1 Å². The second kappa shape index (κ2) is 20.9. The summed E-state index contributed by atoms with van der Waals surface area (Å²) in [6, 6.07) is 0. The average Bonchev–Trinajstić information content (AvgIpc) is 2.58. The highest BCUT2D eigenvalue weighted by Gasteiger charge is 1.98. The van der Waals surface area contributed by atoms with E-state index in [1.807, 2.05) is 0 Å². The van der Waals surface area contributed by atoms with Gasteiger partial charge in [-0.1, -0.05) is 71.3 Å². The van der Waals surface area contributed by atoms with Crippen molar-refractivity contribution in [1.82, 2.24) is 0 Å². The smallest absolute Gasteiger partial charge is 0.331 e. The summed E-state index contributed by atoms with van der Waals surface area (Å²) >= 11 is 0. The Kier molecular flexibility index (Phi) is 21.0. The quantitative estimate of drug-likeness (QED) is 0.205. The van der Waals surface area contributed by atoms with E-state index in [4.69, 9.17) is 9.84 Å². The number of aliphatic carboxylic acids is 1. The molecule has 0 unspecified atom stereocenters. The highest BCUT2D eigenvalue weighted by molar-refractivity contribution is 5.90. The Balaban J connectivity index is 0. The summed E-state index contributed by atoms with van der Waals surface area (Å²) in [7, 11) is 0. The number of hydrogen-bond acceptors (Lipinski definition) is 5. The predicted molar refractivity (Wildman–Crippen MR) is 102 cm³/mol. The van der Waals surface area contributed by atoms with Crippen molar-refractivity contribution in [2.75, 3.05) is 6.61 Å². The molecule has 0 fully saturated rings. The van der Waals surface area contributed by atoms with Crippen molar-refractivity contribution < 1.29 is 29.0 Å². The summed E-state index contributed by atoms with van der Waals surface area (Å²) in [6.07, 6.45) is 15.1. The van der Waals surface area contributed by atoms with Crippen LogP contribution in [0, 0.1) is 0 Å². The van der Waals surface area contributed by atoms with Crippen LogP contribution < -0.4 is 0 Å². The average molecular weight is 370 g/mol. The highest BCUT2D eigenvalue weighted by atomic mass is 16.5. The van der Waals surface area contributed by atoms with Gasteiger partial charge in [-0.3, -0.25) is 4.79 Å². The number of unbranched alkanes of at least 4 members (excludes halogenated alkanes) is 9. The number of esters is 2. The molecular formula is C20H34O6. The lowest BCUT2D eigenvalue weighted by molar-refractivity contribution is -0.139. The molecule has 0 radical (unpaired) electrons. The molecule has 0 amide bonds. The molecule has 6 heteroatoms. The highest BCUT2D eigenvalue weighted by Crippen LogP contribution is 2.10. The molecule has 26 heavy (non-hydrogen) atoms. The van der Waals surface area contributed by atoms with Crippen LogP contribution in [-0.4, -0.2) is 29.6 Å². The van der Waals surface area contributed by atoms with Gasteiger partial charge in [0.1, 0.15) is 0 Å². The molecule has 0 aromatic rings. The van der Waals surface area contributed by atoms with Gasteiger partial charge in [-0.05, 0) is 6.42 Å². The number of carbonyl (C=O) groups is 3. The standard InChI is InChI=1S/C16H28O4.C4H6O2/c1-2-3-4-5-6-7-8-9-10-11-14-20-16(19)13-12-15(17)18;1-3-6-4(2)5/h12-13H,2-11,14H2,1H3,(H,17,18);3H,1H2,2H3/b13-12+;. The summed E-state index contributed by atoms with van der Waals surface area (Å²) in [4.78, 5) is 31.0. The van der Waals surface area contributed by atoms with E-state index in [-0.39, 0.29) is 5.97 Å². The SMILES string of the molecule is C=COC(C)=O.CCCCCCCCCCCCOC(=O)/C=C/C(=O)O. The third-order valence-corrected chi connectivity index (χ3v) is 3.35. The first kappa shape index (κ1) is 26.1. The molecule has 150 valence electrons. The van der Waals surface area contributed by atoms with Crippen LogP contribution in [0.1, 0.15) is 78.1 Å². The Morgan fingerprint density at radius 3 is 1.77 bits per heavy atom. The third kappa shape index (κ3) is 26.8. The van der Waals surface area contributed by atoms with Crippen LogP contribution in [0.25, 0.3) is 0 Å². The molecule has 0 aliphatic rings. The summed E-state index contributed by atoms with van der Waals surface area (Å²) in [5.74, 6) is -2.05. The van der Waals surface area contributed by atoms with Crippen LogP contribution in [-0.2, 0) is 23.9 Å². The van der Waals surface area contributed by atoms with Gasteiger partial charge in [-0.15, -0.1) is 0 Å². The fourth-order valence-corrected chi connectivity index (χ4v) is 2.07. The molecule has 0 heterocycles. The van der Waals surface area contributed by atoms with Crippen LogP contribution in [0.3, 0.4) is 0 Å². The second-order valence-corrected chi connectivity index (χ2v) is 5.80. The molecule has 0 aromatic carbocycles. The second-order valence-electron chi connectivity index (χ2n) is 5.80. The van der Waals surface area contributed by atoms with Gasteiger partial charge in [0.25, 0.3) is 0 Å². The molecule has 0 atom stereocenters. The maximum Gasteiger partial charge on any atom is 0.331 e. The van der Waals surface area contributed by atoms with Crippen LogP contribution in [0.2, 0.25) is 0 Å². The fourth-order valence-electron chi connectivity index (χ4n) is 2.07. The minimum atomic E-state index is -1.14. The van der Waals surface area contributed by atoms with Gasteiger partial charge in [0.05, 0.1) is 12.9 Å². The van der Waals surface area contributed by atoms with Crippen LogP contribution in [0.15, 0.2) is 25.0 Å². The van der Waals surface area contributed by atoms with E-state index in [1.165, 1.54) is 58.3 Å². The topological polar surface area (TPSA) is 89.9 Å². The van der Waals surface area contributed by atoms with Gasteiger partial charge < -0.3 is 14.6 Å². The van der Waals surface area contributed by atoms with Crippen molar-refractivity contribution in [3.63, 3.8) is 0 Å². The molecule has 0 aliphatic heterocycles. The Morgan fingerprint density at radius 2 is 1.38 bits per heavy atom. The Morgan fingerprint density at radius 1 is 0.885 bits per heavy atom. The molecule has 0 aromatic heterocycles. The first-order chi connectivity index (χ1) is 12.4. The summed E-state index contributed by atoms with van der Waals surface area (Å²) in [5.41, 5.74) is 0. The predicted octanol–water partition coefficient (Wildman–Crippen LogP) is 4.78. The zero-order valence-corrected chi connectivity index (χ0v) is 16.2. The Hall–Kier alpha value is -2.11. The molecule has 0 saturated heterocycles. The van der Waals surface area contributed by atoms with Crippen molar-refractivity contribution in [3.8, 4) is 0 Å². The maximum atomic E-state index is 11.0. The lowest BCUT2D eigenvalue weighted by Crippen LogP contribution is -2.03. The number of carbonyl (C=O) groups excluding carboxylic acids is 2. The number of rotatable bonds is 14. The van der Waals surface area contributed by atoms with E-state index in [2.05, 4.69) is 18.2 Å². The van der Waals surface area contributed by atoms with E-state index < -0.39 is 11.9 Å². The Bertz CT molecular complexity index is 415. The van der Waals surface area contributed by atoms with Crippen LogP contribution >= 0.6 is 0 Å². The first-order valence-corrected chi connectivity index (χ1v) is 9.29. The summed E-state index contributed by atoms with van der Waals surface area (Å²) < 4.78 is 9.04. The van der Waals surface area contributed by atoms with Gasteiger partial charge in [-0.2, -0.15) is 0 Å².